The Labute approximate surface area is 514 Å². The van der Waals surface area contributed by atoms with E-state index in [-0.39, 0.29) is 84.9 Å². The molecule has 0 fully saturated rings. The Bertz CT molecular complexity index is 5220. The largest absolute Gasteiger partial charge is 0.311 e. The Morgan fingerprint density at radius 2 is 0.783 bits per heavy atom. The van der Waals surface area contributed by atoms with Gasteiger partial charge in [-0.1, -0.05) is 262 Å². The monoisotopic (exact) mass is 1080 g/mol. The number of hydrogen-bond acceptors (Lipinski definition) is 2. The highest BCUT2D eigenvalue weighted by atomic mass is 15.2. The van der Waals surface area contributed by atoms with Crippen LogP contribution in [0.2, 0.25) is 0 Å². The molecule has 2 aliphatic carbocycles. The van der Waals surface area contributed by atoms with Gasteiger partial charge in [0.05, 0.1) is 27.6 Å². The molecule has 11 aromatic carbocycles. The highest BCUT2D eigenvalue weighted by Gasteiger charge is 2.45. The molecule has 2 heterocycles. The fraction of sp³-hybridized carbons (Fsp3) is 0.175. The molecule has 2 aliphatic heterocycles. The zero-order valence-corrected chi connectivity index (χ0v) is 48.0. The highest BCUT2D eigenvalue weighted by Crippen LogP contribution is 2.53. The van der Waals surface area contributed by atoms with Crippen molar-refractivity contribution in [1.82, 2.24) is 0 Å². The average Bonchev–Trinajstić information content (AvgIpc) is 1.70. The van der Waals surface area contributed by atoms with E-state index in [0.29, 0.717) is 22.5 Å². The molecular weight excluding hydrogens is 1000 g/mol. The molecular formula is C80H69BN2. The van der Waals surface area contributed by atoms with Gasteiger partial charge in [0.2, 0.25) is 0 Å². The maximum Gasteiger partial charge on any atom is 0.252 e. The second kappa shape index (κ2) is 18.8. The normalized spacial score (nSPS) is 16.9. The third-order valence-electron chi connectivity index (χ3n) is 17.5. The molecule has 0 spiro atoms. The maximum atomic E-state index is 9.60. The summed E-state index contributed by atoms with van der Waals surface area (Å²) in [4.78, 5) is 4.47. The minimum Gasteiger partial charge on any atom is -0.311 e. The highest BCUT2D eigenvalue weighted by molar-refractivity contribution is 7.00. The Balaban J connectivity index is 1.04. The molecule has 0 N–H and O–H groups in total. The van der Waals surface area contributed by atoms with E-state index in [0.717, 1.165) is 67.0 Å². The molecule has 0 saturated heterocycles. The average molecular weight is 1090 g/mol. The lowest BCUT2D eigenvalue weighted by Crippen LogP contribution is -2.61. The Kier molecular flexibility index (Phi) is 8.28. The summed E-state index contributed by atoms with van der Waals surface area (Å²) in [7, 11) is 0. The first-order chi connectivity index (χ1) is 46.7. The summed E-state index contributed by atoms with van der Waals surface area (Å²) < 4.78 is 148. The van der Waals surface area contributed by atoms with E-state index in [1.807, 2.05) is 54.6 Å². The van der Waals surface area contributed by atoms with Crippen LogP contribution in [0, 0.1) is 0 Å². The molecule has 0 atom stereocenters. The molecule has 11 aromatic rings. The van der Waals surface area contributed by atoms with Gasteiger partial charge in [-0.2, -0.15) is 0 Å². The van der Waals surface area contributed by atoms with Crippen molar-refractivity contribution < 1.29 is 21.9 Å². The van der Waals surface area contributed by atoms with Crippen molar-refractivity contribution >= 4 is 57.2 Å². The lowest BCUT2D eigenvalue weighted by Gasteiger charge is -2.45. The van der Waals surface area contributed by atoms with Crippen LogP contribution in [0.3, 0.4) is 0 Å². The fourth-order valence-corrected chi connectivity index (χ4v) is 13.3. The summed E-state index contributed by atoms with van der Waals surface area (Å²) in [5.41, 5.74) is 15.6. The molecule has 402 valence electrons. The molecule has 0 saturated carbocycles. The number of benzene rings is 11. The molecule has 83 heavy (non-hydrogen) atoms. The summed E-state index contributed by atoms with van der Waals surface area (Å²) in [6.07, 6.45) is 0. The smallest absolute Gasteiger partial charge is 0.252 e. The summed E-state index contributed by atoms with van der Waals surface area (Å²) in [5, 5.41) is 0. The first-order valence-electron chi connectivity index (χ1n) is 36.6. The SMILES string of the molecule is [2H]c1c([2H])c([2H])c2c(c1[2H])-c1c([2H])c([2H])c([2H])c([2H])c1C2c1ccc2c(c1)N(c1cccc(-c3cc(C(C)(C)C)cc(C(C)(C)C)c3)c1)c1cccc3c1B2c1ccc(C2c4c([2H])c([2H])c([2H])c([2H])c4-c4c([2H])c([2H])c([2H])c([2H])c42)cc1N3c1ccccc1-c1ccc(C(C)(C)C)cc1. The summed E-state index contributed by atoms with van der Waals surface area (Å²) in [6.45, 7) is 19.2. The van der Waals surface area contributed by atoms with Gasteiger partial charge in [0, 0.05) is 45.8 Å². The van der Waals surface area contributed by atoms with Gasteiger partial charge in [0.25, 0.3) is 6.71 Å². The van der Waals surface area contributed by atoms with Crippen molar-refractivity contribution in [3.63, 3.8) is 0 Å². The van der Waals surface area contributed by atoms with Crippen LogP contribution in [0.5, 0.6) is 0 Å². The van der Waals surface area contributed by atoms with E-state index in [4.69, 9.17) is 11.0 Å². The minimum absolute atomic E-state index is 0.0259. The molecule has 15 rings (SSSR count). The van der Waals surface area contributed by atoms with Gasteiger partial charge in [-0.15, -0.1) is 0 Å². The number of nitrogens with zero attached hydrogens (tertiary/aromatic N) is 2. The van der Waals surface area contributed by atoms with Gasteiger partial charge >= 0.3 is 0 Å². The van der Waals surface area contributed by atoms with Crippen LogP contribution in [0.4, 0.5) is 34.1 Å². The van der Waals surface area contributed by atoms with Gasteiger partial charge in [0.1, 0.15) is 0 Å². The molecule has 2 nitrogen and oxygen atoms in total. The second-order valence-electron chi connectivity index (χ2n) is 25.7. The summed E-state index contributed by atoms with van der Waals surface area (Å²) in [6, 6.07) is 43.0. The van der Waals surface area contributed by atoms with E-state index in [1.54, 1.807) is 0 Å². The number of hydrogen-bond donors (Lipinski definition) is 0. The fourth-order valence-electron chi connectivity index (χ4n) is 13.3. The standard InChI is InChI=1S/C80H69BN2/c1-78(2,3)55-40-36-50(37-41-55)59-24-18-19-33-70(59)83-72-35-21-34-71-77(72)81(69-43-39-53(48-74(69)83)76-66-31-16-12-27-62(66)63-28-13-17-32-67(63)76)68-42-38-52(75-64-29-14-10-25-60(64)61-26-11-15-30-65(61)75)47-73(68)82(71)58-23-20-22-51(46-58)54-44-56(79(4,5)6)49-57(45-54)80(7,8)9/h10-49,75-76H,1-9H3/i10D,11D,12D,13D,14D,15D,16D,17D,25D,26D,27D,28D,29D,30D,31D,32D. The third kappa shape index (κ3) is 8.21. The molecule has 3 heteroatoms. The van der Waals surface area contributed by atoms with Crippen molar-refractivity contribution in [2.75, 3.05) is 9.80 Å². The van der Waals surface area contributed by atoms with Crippen LogP contribution in [0.25, 0.3) is 44.5 Å². The lowest BCUT2D eigenvalue weighted by atomic mass is 9.33. The van der Waals surface area contributed by atoms with Crippen LogP contribution in [0.1, 0.15) is 146 Å². The topological polar surface area (TPSA) is 6.48 Å². The van der Waals surface area contributed by atoms with Crippen molar-refractivity contribution in [2.45, 2.75) is 90.4 Å². The van der Waals surface area contributed by atoms with Crippen molar-refractivity contribution in [3.8, 4) is 44.5 Å². The lowest BCUT2D eigenvalue weighted by molar-refractivity contribution is 0.569. The summed E-state index contributed by atoms with van der Waals surface area (Å²) in [5.74, 6) is -2.18. The van der Waals surface area contributed by atoms with E-state index in [2.05, 4.69) is 163 Å². The van der Waals surface area contributed by atoms with Gasteiger partial charge in [-0.05, 0) is 164 Å². The molecule has 0 aromatic heterocycles. The Morgan fingerprint density at radius 1 is 0.337 bits per heavy atom. The maximum absolute atomic E-state index is 9.60. The van der Waals surface area contributed by atoms with E-state index >= 15 is 0 Å². The van der Waals surface area contributed by atoms with Crippen LogP contribution in [-0.4, -0.2) is 6.71 Å². The second-order valence-corrected chi connectivity index (χ2v) is 25.7. The molecule has 0 unspecified atom stereocenters. The van der Waals surface area contributed by atoms with E-state index in [1.165, 1.54) is 11.1 Å². The Morgan fingerprint density at radius 3 is 1.29 bits per heavy atom. The Hall–Kier alpha value is -8.92. The molecule has 0 bridgehead atoms. The van der Waals surface area contributed by atoms with Crippen molar-refractivity contribution in [3.05, 3.63) is 292 Å². The van der Waals surface area contributed by atoms with Crippen molar-refractivity contribution in [1.29, 1.82) is 0 Å². The number of anilines is 6. The molecule has 4 aliphatic rings. The first-order valence-corrected chi connectivity index (χ1v) is 28.6. The van der Waals surface area contributed by atoms with Gasteiger partial charge < -0.3 is 9.80 Å². The van der Waals surface area contributed by atoms with E-state index < -0.39 is 91.1 Å². The van der Waals surface area contributed by atoms with Crippen LogP contribution in [0.15, 0.2) is 242 Å². The first kappa shape index (κ1) is 36.5. The third-order valence-corrected chi connectivity index (χ3v) is 17.5. The number of para-hydroxylation sites is 1. The zero-order valence-electron chi connectivity index (χ0n) is 64.0. The van der Waals surface area contributed by atoms with Crippen molar-refractivity contribution in [2.24, 2.45) is 0 Å². The zero-order chi connectivity index (χ0) is 70.6. The minimum atomic E-state index is -1.09. The van der Waals surface area contributed by atoms with Gasteiger partial charge in [-0.25, -0.2) is 0 Å². The molecule has 0 amide bonds. The number of fused-ring (bicyclic) bond motifs is 10. The predicted molar refractivity (Wildman–Crippen MR) is 353 cm³/mol. The quantitative estimate of drug-likeness (QED) is 0.153. The number of rotatable bonds is 6. The van der Waals surface area contributed by atoms with E-state index in [9.17, 15) is 11.0 Å². The molecule has 0 radical (unpaired) electrons. The predicted octanol–water partition coefficient (Wildman–Crippen LogP) is 19.3. The van der Waals surface area contributed by atoms with Crippen LogP contribution < -0.4 is 26.2 Å². The summed E-state index contributed by atoms with van der Waals surface area (Å²) >= 11 is 0. The van der Waals surface area contributed by atoms with Crippen LogP contribution in [-0.2, 0) is 16.2 Å². The van der Waals surface area contributed by atoms with Gasteiger partial charge in [0.15, 0.2) is 0 Å². The van der Waals surface area contributed by atoms with Gasteiger partial charge in [-0.3, -0.25) is 0 Å². The van der Waals surface area contributed by atoms with Crippen LogP contribution >= 0.6 is 0 Å².